The number of aliphatic carboxylic acids is 1. The highest BCUT2D eigenvalue weighted by atomic mass is 16.4. The molecule has 0 spiro atoms. The lowest BCUT2D eigenvalue weighted by molar-refractivity contribution is -0.137. The quantitative estimate of drug-likeness (QED) is 0.865. The van der Waals surface area contributed by atoms with Gasteiger partial charge in [0.05, 0.1) is 6.42 Å². The monoisotopic (exact) mass is 250 g/mol. The number of aryl methyl sites for hydroxylation is 1. The van der Waals surface area contributed by atoms with E-state index in [1.165, 1.54) is 25.7 Å². The van der Waals surface area contributed by atoms with Crippen LogP contribution in [0.5, 0.6) is 0 Å². The zero-order valence-corrected chi connectivity index (χ0v) is 10.3. The first-order chi connectivity index (χ1) is 8.70. The van der Waals surface area contributed by atoms with Crippen LogP contribution in [0.25, 0.3) is 0 Å². The van der Waals surface area contributed by atoms with Crippen molar-refractivity contribution in [2.24, 2.45) is 17.8 Å². The molecule has 3 atom stereocenters. The van der Waals surface area contributed by atoms with Gasteiger partial charge in [0, 0.05) is 12.8 Å². The van der Waals surface area contributed by atoms with Crippen molar-refractivity contribution in [3.8, 4) is 0 Å². The smallest absolute Gasteiger partial charge is 0.303 e. The Morgan fingerprint density at radius 1 is 1.28 bits per heavy atom. The fraction of sp³-hybridized carbons (Fsp3) is 0.769. The van der Waals surface area contributed by atoms with Gasteiger partial charge in [-0.15, -0.1) is 10.2 Å². The van der Waals surface area contributed by atoms with Crippen molar-refractivity contribution in [2.75, 3.05) is 0 Å². The lowest BCUT2D eigenvalue weighted by atomic mass is 9.86. The molecule has 0 aromatic carbocycles. The average Bonchev–Trinajstić information content (AvgIpc) is 3.02. The zero-order valence-electron chi connectivity index (χ0n) is 10.3. The van der Waals surface area contributed by atoms with E-state index in [4.69, 9.17) is 9.52 Å². The van der Waals surface area contributed by atoms with E-state index in [2.05, 4.69) is 10.2 Å². The van der Waals surface area contributed by atoms with E-state index in [1.807, 2.05) is 0 Å². The van der Waals surface area contributed by atoms with E-state index < -0.39 is 5.97 Å². The van der Waals surface area contributed by atoms with Crippen LogP contribution in [0.2, 0.25) is 0 Å². The highest BCUT2D eigenvalue weighted by Gasteiger charge is 2.39. The van der Waals surface area contributed by atoms with E-state index in [0.717, 1.165) is 18.3 Å². The minimum Gasteiger partial charge on any atom is -0.481 e. The van der Waals surface area contributed by atoms with Crippen molar-refractivity contribution < 1.29 is 14.3 Å². The number of carboxylic acid groups (broad SMARTS) is 1. The molecular formula is C13H18N2O3. The summed E-state index contributed by atoms with van der Waals surface area (Å²) < 4.78 is 5.52. The number of hydrogen-bond donors (Lipinski definition) is 1. The molecule has 2 bridgehead atoms. The SMILES string of the molecule is O=C(O)CCc1nnc(CC2CC3CCC2C3)o1. The van der Waals surface area contributed by atoms with E-state index in [1.54, 1.807) is 0 Å². The van der Waals surface area contributed by atoms with Gasteiger partial charge in [-0.3, -0.25) is 4.79 Å². The number of carbonyl (C=O) groups is 1. The van der Waals surface area contributed by atoms with Crippen molar-refractivity contribution >= 4 is 5.97 Å². The predicted octanol–water partition coefficient (Wildman–Crippen LogP) is 2.07. The van der Waals surface area contributed by atoms with Crippen LogP contribution in [0.4, 0.5) is 0 Å². The first kappa shape index (κ1) is 11.7. The molecule has 0 amide bonds. The summed E-state index contributed by atoms with van der Waals surface area (Å²) in [7, 11) is 0. The maximum Gasteiger partial charge on any atom is 0.303 e. The number of rotatable bonds is 5. The van der Waals surface area contributed by atoms with E-state index in [9.17, 15) is 4.79 Å². The number of nitrogens with zero attached hydrogens (tertiary/aromatic N) is 2. The Bertz CT molecular complexity index is 443. The summed E-state index contributed by atoms with van der Waals surface area (Å²) >= 11 is 0. The van der Waals surface area contributed by atoms with Crippen LogP contribution < -0.4 is 0 Å². The van der Waals surface area contributed by atoms with Gasteiger partial charge in [0.2, 0.25) is 11.8 Å². The number of aromatic nitrogens is 2. The van der Waals surface area contributed by atoms with Crippen LogP contribution >= 0.6 is 0 Å². The number of hydrogen-bond acceptors (Lipinski definition) is 4. The van der Waals surface area contributed by atoms with Gasteiger partial charge < -0.3 is 9.52 Å². The molecule has 1 aromatic heterocycles. The van der Waals surface area contributed by atoms with E-state index in [-0.39, 0.29) is 6.42 Å². The highest BCUT2D eigenvalue weighted by molar-refractivity contribution is 5.66. The fourth-order valence-electron chi connectivity index (χ4n) is 3.54. The van der Waals surface area contributed by atoms with Crippen LogP contribution in [0, 0.1) is 17.8 Å². The molecule has 2 aliphatic carbocycles. The summed E-state index contributed by atoms with van der Waals surface area (Å²) in [6, 6.07) is 0. The molecule has 2 aliphatic rings. The minimum atomic E-state index is -0.831. The van der Waals surface area contributed by atoms with Gasteiger partial charge >= 0.3 is 5.97 Å². The van der Waals surface area contributed by atoms with Crippen LogP contribution in [0.3, 0.4) is 0 Å². The van der Waals surface area contributed by atoms with Gasteiger partial charge in [-0.05, 0) is 37.0 Å². The summed E-state index contributed by atoms with van der Waals surface area (Å²) in [4.78, 5) is 10.5. The molecule has 1 heterocycles. The lowest BCUT2D eigenvalue weighted by Gasteiger charge is -2.19. The van der Waals surface area contributed by atoms with Crippen molar-refractivity contribution in [2.45, 2.75) is 44.9 Å². The number of carboxylic acids is 1. The molecule has 0 radical (unpaired) electrons. The van der Waals surface area contributed by atoms with Gasteiger partial charge in [-0.2, -0.15) is 0 Å². The molecule has 18 heavy (non-hydrogen) atoms. The molecule has 1 N–H and O–H groups in total. The third kappa shape index (κ3) is 2.40. The summed E-state index contributed by atoms with van der Waals surface area (Å²) in [5, 5.41) is 16.5. The second-order valence-electron chi connectivity index (χ2n) is 5.62. The first-order valence-electron chi connectivity index (χ1n) is 6.73. The molecule has 3 unspecified atom stereocenters. The van der Waals surface area contributed by atoms with Gasteiger partial charge in [0.15, 0.2) is 0 Å². The Morgan fingerprint density at radius 3 is 2.78 bits per heavy atom. The number of fused-ring (bicyclic) bond motifs is 2. The second-order valence-corrected chi connectivity index (χ2v) is 5.62. The molecule has 0 saturated heterocycles. The maximum absolute atomic E-state index is 10.5. The van der Waals surface area contributed by atoms with E-state index in [0.29, 0.717) is 24.1 Å². The molecule has 5 nitrogen and oxygen atoms in total. The Labute approximate surface area is 106 Å². The second kappa shape index (κ2) is 4.71. The molecule has 98 valence electrons. The third-order valence-corrected chi connectivity index (χ3v) is 4.38. The van der Waals surface area contributed by atoms with Crippen molar-refractivity contribution in [1.82, 2.24) is 10.2 Å². The Hall–Kier alpha value is -1.39. The maximum atomic E-state index is 10.5. The Morgan fingerprint density at radius 2 is 2.11 bits per heavy atom. The highest BCUT2D eigenvalue weighted by Crippen LogP contribution is 2.49. The van der Waals surface area contributed by atoms with Crippen molar-refractivity contribution in [1.29, 1.82) is 0 Å². The largest absolute Gasteiger partial charge is 0.481 e. The van der Waals surface area contributed by atoms with Crippen LogP contribution in [0.1, 0.15) is 43.9 Å². The van der Waals surface area contributed by atoms with Crippen molar-refractivity contribution in [3.05, 3.63) is 11.8 Å². The summed E-state index contributed by atoms with van der Waals surface area (Å²) in [5.74, 6) is 2.79. The topological polar surface area (TPSA) is 76.2 Å². The first-order valence-corrected chi connectivity index (χ1v) is 6.73. The van der Waals surface area contributed by atoms with Gasteiger partial charge in [-0.25, -0.2) is 0 Å². The van der Waals surface area contributed by atoms with Gasteiger partial charge in [0.1, 0.15) is 0 Å². The summed E-state index contributed by atoms with van der Waals surface area (Å²) in [6.45, 7) is 0. The molecule has 5 heteroatoms. The molecule has 0 aliphatic heterocycles. The summed E-state index contributed by atoms with van der Waals surface area (Å²) in [5.41, 5.74) is 0. The fourth-order valence-corrected chi connectivity index (χ4v) is 3.54. The summed E-state index contributed by atoms with van der Waals surface area (Å²) in [6.07, 6.45) is 6.70. The van der Waals surface area contributed by atoms with Crippen LogP contribution in [0.15, 0.2) is 4.42 Å². The van der Waals surface area contributed by atoms with E-state index >= 15 is 0 Å². The average molecular weight is 250 g/mol. The minimum absolute atomic E-state index is 0.0514. The zero-order chi connectivity index (χ0) is 12.5. The third-order valence-electron chi connectivity index (χ3n) is 4.38. The van der Waals surface area contributed by atoms with Gasteiger partial charge in [-0.1, -0.05) is 6.42 Å². The molecule has 2 fully saturated rings. The molecule has 1 aromatic rings. The van der Waals surface area contributed by atoms with Gasteiger partial charge in [0.25, 0.3) is 0 Å². The van der Waals surface area contributed by atoms with Crippen LogP contribution in [-0.4, -0.2) is 21.3 Å². The molecule has 3 rings (SSSR count). The molecule has 2 saturated carbocycles. The Kier molecular flexibility index (Phi) is 3.06. The normalized spacial score (nSPS) is 29.9. The lowest BCUT2D eigenvalue weighted by Crippen LogP contribution is -2.13. The van der Waals surface area contributed by atoms with Crippen LogP contribution in [-0.2, 0) is 17.6 Å². The molecular weight excluding hydrogens is 232 g/mol. The standard InChI is InChI=1S/C13H18N2O3/c16-13(17)4-3-11-14-15-12(18-11)7-10-6-8-1-2-9(10)5-8/h8-10H,1-7H2,(H,16,17). The predicted molar refractivity (Wildman–Crippen MR) is 62.9 cm³/mol. The Balaban J connectivity index is 1.55. The van der Waals surface area contributed by atoms with Crippen molar-refractivity contribution in [3.63, 3.8) is 0 Å².